The zero-order valence-electron chi connectivity index (χ0n) is 8.72. The van der Waals surface area contributed by atoms with Gasteiger partial charge in [-0.2, -0.15) is 0 Å². The highest BCUT2D eigenvalue weighted by atomic mass is 32.1. The van der Waals surface area contributed by atoms with Gasteiger partial charge in [-0.15, -0.1) is 0 Å². The molecule has 5 heteroatoms. The fourth-order valence-corrected chi connectivity index (χ4v) is 1.63. The summed E-state index contributed by atoms with van der Waals surface area (Å²) in [5, 5.41) is 8.62. The molecular formula is C10H17N3OS. The summed E-state index contributed by atoms with van der Waals surface area (Å²) in [6.45, 7) is 1.17. The third-order valence-corrected chi connectivity index (χ3v) is 2.43. The first-order valence-corrected chi connectivity index (χ1v) is 5.58. The largest absolute Gasteiger partial charge is 0.396 e. The lowest BCUT2D eigenvalue weighted by atomic mass is 10.2. The predicted molar refractivity (Wildman–Crippen MR) is 63.7 cm³/mol. The van der Waals surface area contributed by atoms with Gasteiger partial charge in [-0.25, -0.2) is 4.98 Å². The van der Waals surface area contributed by atoms with E-state index in [4.69, 9.17) is 23.1 Å². The van der Waals surface area contributed by atoms with E-state index in [-0.39, 0.29) is 6.61 Å². The predicted octanol–water partition coefficient (Wildman–Crippen LogP) is 1.07. The number of nitrogens with zero attached hydrogens (tertiary/aromatic N) is 2. The molecule has 0 spiro atoms. The Balaban J connectivity index is 2.31. The van der Waals surface area contributed by atoms with E-state index in [9.17, 15) is 0 Å². The van der Waals surface area contributed by atoms with Crippen molar-refractivity contribution < 1.29 is 5.11 Å². The van der Waals surface area contributed by atoms with Gasteiger partial charge in [0.1, 0.15) is 4.99 Å². The molecule has 0 bridgehead atoms. The number of rotatable bonds is 7. The molecule has 1 aromatic rings. The highest BCUT2D eigenvalue weighted by molar-refractivity contribution is 7.80. The molecule has 0 aliphatic heterocycles. The number of aryl methyl sites for hydroxylation is 1. The number of aromatic nitrogens is 2. The van der Waals surface area contributed by atoms with Gasteiger partial charge in [-0.05, 0) is 12.8 Å². The Morgan fingerprint density at radius 1 is 1.40 bits per heavy atom. The highest BCUT2D eigenvalue weighted by Gasteiger charge is 2.04. The molecule has 0 aromatic carbocycles. The summed E-state index contributed by atoms with van der Waals surface area (Å²) >= 11 is 4.89. The normalized spacial score (nSPS) is 10.5. The first kappa shape index (κ1) is 12.1. The second kappa shape index (κ2) is 6.53. The van der Waals surface area contributed by atoms with Crippen molar-refractivity contribution in [3.05, 3.63) is 18.2 Å². The van der Waals surface area contributed by atoms with Crippen molar-refractivity contribution in [3.63, 3.8) is 0 Å². The molecule has 1 rings (SSSR count). The van der Waals surface area contributed by atoms with E-state index in [1.165, 1.54) is 0 Å². The molecule has 0 unspecified atom stereocenters. The smallest absolute Gasteiger partial charge is 0.167 e. The van der Waals surface area contributed by atoms with E-state index in [1.54, 1.807) is 6.20 Å². The van der Waals surface area contributed by atoms with Crippen LogP contribution in [0.4, 0.5) is 0 Å². The average Bonchev–Trinajstić information content (AvgIpc) is 2.66. The van der Waals surface area contributed by atoms with E-state index < -0.39 is 0 Å². The summed E-state index contributed by atoms with van der Waals surface area (Å²) in [5.74, 6) is 0.687. The van der Waals surface area contributed by atoms with Crippen molar-refractivity contribution in [2.24, 2.45) is 5.73 Å². The molecule has 0 aliphatic rings. The van der Waals surface area contributed by atoms with Gasteiger partial charge >= 0.3 is 0 Å². The monoisotopic (exact) mass is 227 g/mol. The lowest BCUT2D eigenvalue weighted by Gasteiger charge is -2.05. The number of aliphatic hydroxyl groups is 1. The number of hydrogen-bond donors (Lipinski definition) is 2. The van der Waals surface area contributed by atoms with Crippen molar-refractivity contribution in [2.75, 3.05) is 6.61 Å². The zero-order chi connectivity index (χ0) is 11.1. The molecule has 1 heterocycles. The van der Waals surface area contributed by atoms with E-state index in [0.29, 0.717) is 10.8 Å². The van der Waals surface area contributed by atoms with Crippen molar-refractivity contribution in [3.8, 4) is 0 Å². The number of thiocarbonyl (C=S) groups is 1. The van der Waals surface area contributed by atoms with Crippen LogP contribution in [0.1, 0.15) is 31.5 Å². The number of hydrogen-bond acceptors (Lipinski definition) is 3. The molecule has 0 amide bonds. The van der Waals surface area contributed by atoms with Crippen LogP contribution in [-0.4, -0.2) is 26.3 Å². The van der Waals surface area contributed by atoms with Crippen molar-refractivity contribution in [1.82, 2.24) is 9.55 Å². The molecule has 15 heavy (non-hydrogen) atoms. The third-order valence-electron chi connectivity index (χ3n) is 2.24. The van der Waals surface area contributed by atoms with Crippen molar-refractivity contribution in [2.45, 2.75) is 32.2 Å². The topological polar surface area (TPSA) is 64.1 Å². The summed E-state index contributed by atoms with van der Waals surface area (Å²) in [5.41, 5.74) is 5.53. The average molecular weight is 227 g/mol. The van der Waals surface area contributed by atoms with Gasteiger partial charge in [0.05, 0.1) is 0 Å². The molecule has 84 valence electrons. The minimum atomic E-state index is 0.281. The standard InChI is InChI=1S/C10H17N3OS/c11-9(15)10-12-5-7-13(10)6-3-1-2-4-8-14/h5,7,14H,1-4,6,8H2,(H2,11,15). The molecule has 0 aliphatic carbocycles. The quantitative estimate of drug-likeness (QED) is 0.540. The molecule has 0 fully saturated rings. The summed E-state index contributed by atoms with van der Waals surface area (Å²) in [4.78, 5) is 4.43. The Labute approximate surface area is 95.1 Å². The van der Waals surface area contributed by atoms with Crippen LogP contribution in [-0.2, 0) is 6.54 Å². The second-order valence-electron chi connectivity index (χ2n) is 3.45. The molecule has 0 saturated carbocycles. The second-order valence-corrected chi connectivity index (χ2v) is 3.89. The summed E-state index contributed by atoms with van der Waals surface area (Å²) in [7, 11) is 0. The van der Waals surface area contributed by atoms with E-state index in [2.05, 4.69) is 4.98 Å². The molecule has 3 N–H and O–H groups in total. The van der Waals surface area contributed by atoms with Crippen molar-refractivity contribution >= 4 is 17.2 Å². The van der Waals surface area contributed by atoms with Gasteiger partial charge in [-0.1, -0.05) is 25.1 Å². The SMILES string of the molecule is NC(=S)c1nccn1CCCCCCO. The maximum Gasteiger partial charge on any atom is 0.167 e. The van der Waals surface area contributed by atoms with E-state index >= 15 is 0 Å². The summed E-state index contributed by atoms with van der Waals surface area (Å²) in [6, 6.07) is 0. The van der Waals surface area contributed by atoms with Crippen molar-refractivity contribution in [1.29, 1.82) is 0 Å². The fraction of sp³-hybridized carbons (Fsp3) is 0.600. The highest BCUT2D eigenvalue weighted by Crippen LogP contribution is 2.04. The zero-order valence-corrected chi connectivity index (χ0v) is 9.54. The number of imidazole rings is 1. The Morgan fingerprint density at radius 3 is 2.80 bits per heavy atom. The number of aliphatic hydroxyl groups excluding tert-OH is 1. The maximum atomic E-state index is 8.62. The van der Waals surface area contributed by atoms with Crippen LogP contribution in [0.2, 0.25) is 0 Å². The van der Waals surface area contributed by atoms with Crippen LogP contribution in [0.5, 0.6) is 0 Å². The maximum absolute atomic E-state index is 8.62. The number of unbranched alkanes of at least 4 members (excludes halogenated alkanes) is 3. The van der Waals surface area contributed by atoms with E-state index in [1.807, 2.05) is 10.8 Å². The first-order valence-electron chi connectivity index (χ1n) is 5.17. The van der Waals surface area contributed by atoms with Crippen LogP contribution in [0.25, 0.3) is 0 Å². The van der Waals surface area contributed by atoms with Crippen LogP contribution in [0.15, 0.2) is 12.4 Å². The molecule has 0 saturated heterocycles. The molecule has 0 radical (unpaired) electrons. The Bertz CT molecular complexity index is 311. The molecule has 4 nitrogen and oxygen atoms in total. The van der Waals surface area contributed by atoms with E-state index in [0.717, 1.165) is 32.2 Å². The Hall–Kier alpha value is -0.940. The lowest BCUT2D eigenvalue weighted by Crippen LogP contribution is -2.16. The lowest BCUT2D eigenvalue weighted by molar-refractivity contribution is 0.282. The van der Waals surface area contributed by atoms with Gasteiger partial charge in [0, 0.05) is 25.5 Å². The fourth-order valence-electron chi connectivity index (χ4n) is 1.46. The van der Waals surface area contributed by atoms with Gasteiger partial charge < -0.3 is 15.4 Å². The minimum absolute atomic E-state index is 0.281. The van der Waals surface area contributed by atoms with Gasteiger partial charge in [0.2, 0.25) is 0 Å². The summed E-state index contributed by atoms with van der Waals surface area (Å²) in [6.07, 6.45) is 7.71. The molecule has 1 aromatic heterocycles. The summed E-state index contributed by atoms with van der Waals surface area (Å²) < 4.78 is 1.97. The molecule has 0 atom stereocenters. The first-order chi connectivity index (χ1) is 7.25. The minimum Gasteiger partial charge on any atom is -0.396 e. The van der Waals surface area contributed by atoms with Gasteiger partial charge in [0.15, 0.2) is 5.82 Å². The van der Waals surface area contributed by atoms with Crippen LogP contribution in [0, 0.1) is 0 Å². The van der Waals surface area contributed by atoms with Gasteiger partial charge in [0.25, 0.3) is 0 Å². The van der Waals surface area contributed by atoms with Gasteiger partial charge in [-0.3, -0.25) is 0 Å². The van der Waals surface area contributed by atoms with Crippen LogP contribution < -0.4 is 5.73 Å². The Morgan fingerprint density at radius 2 is 2.13 bits per heavy atom. The Kier molecular flexibility index (Phi) is 5.28. The third kappa shape index (κ3) is 3.97. The molecular weight excluding hydrogens is 210 g/mol. The van der Waals surface area contributed by atoms with Crippen LogP contribution in [0.3, 0.4) is 0 Å². The van der Waals surface area contributed by atoms with Crippen LogP contribution >= 0.6 is 12.2 Å². The number of nitrogens with two attached hydrogens (primary N) is 1.